The molecule has 1 aliphatic heterocycles. The molecule has 0 saturated carbocycles. The van der Waals surface area contributed by atoms with Gasteiger partial charge in [0.15, 0.2) is 0 Å². The van der Waals surface area contributed by atoms with Crippen LogP contribution in [-0.2, 0) is 6.61 Å². The van der Waals surface area contributed by atoms with Crippen molar-refractivity contribution < 1.29 is 5.11 Å². The van der Waals surface area contributed by atoms with Crippen LogP contribution in [0.15, 0.2) is 42.6 Å². The highest BCUT2D eigenvalue weighted by Gasteiger charge is 2.20. The first kappa shape index (κ1) is 13.8. The average molecular weight is 284 g/mol. The lowest BCUT2D eigenvalue weighted by atomic mass is 10.1. The van der Waals surface area contributed by atoms with Crippen molar-refractivity contribution in [3.05, 3.63) is 48.3 Å². The van der Waals surface area contributed by atoms with Gasteiger partial charge in [0.1, 0.15) is 0 Å². The first-order chi connectivity index (χ1) is 10.3. The van der Waals surface area contributed by atoms with E-state index in [1.165, 1.54) is 5.69 Å². The van der Waals surface area contributed by atoms with Crippen molar-refractivity contribution in [3.8, 4) is 0 Å². The normalized spacial score (nSPS) is 18.5. The third kappa shape index (κ3) is 3.49. The van der Waals surface area contributed by atoms with E-state index in [2.05, 4.69) is 44.5 Å². The molecule has 5 heteroatoms. The number of nitrogens with one attached hydrogen (secondary N) is 1. The monoisotopic (exact) mass is 284 g/mol. The Morgan fingerprint density at radius 2 is 2.10 bits per heavy atom. The van der Waals surface area contributed by atoms with E-state index in [9.17, 15) is 0 Å². The van der Waals surface area contributed by atoms with Gasteiger partial charge < -0.3 is 15.3 Å². The molecule has 2 N–H and O–H groups in total. The molecule has 1 unspecified atom stereocenters. The largest absolute Gasteiger partial charge is 0.390 e. The highest BCUT2D eigenvalue weighted by molar-refractivity contribution is 5.47. The Kier molecular flexibility index (Phi) is 4.31. The van der Waals surface area contributed by atoms with Crippen LogP contribution in [0.1, 0.15) is 18.5 Å². The second-order valence-corrected chi connectivity index (χ2v) is 5.29. The van der Waals surface area contributed by atoms with Crippen LogP contribution in [0.3, 0.4) is 0 Å². The summed E-state index contributed by atoms with van der Waals surface area (Å²) < 4.78 is 0. The van der Waals surface area contributed by atoms with Crippen molar-refractivity contribution in [2.75, 3.05) is 23.3 Å². The van der Waals surface area contributed by atoms with Crippen molar-refractivity contribution in [2.24, 2.45) is 0 Å². The topological polar surface area (TPSA) is 61.3 Å². The number of aliphatic hydroxyl groups excluding tert-OH is 1. The van der Waals surface area contributed by atoms with E-state index < -0.39 is 0 Å². The van der Waals surface area contributed by atoms with E-state index in [1.807, 2.05) is 6.07 Å². The lowest BCUT2D eigenvalue weighted by Gasteiger charge is -2.34. The SMILES string of the molecule is OCc1ccnc(NC2CCCN(c3ccccc3)C2)n1. The molecule has 0 aliphatic carbocycles. The summed E-state index contributed by atoms with van der Waals surface area (Å²) in [4.78, 5) is 10.9. The van der Waals surface area contributed by atoms with Crippen LogP contribution in [-0.4, -0.2) is 34.2 Å². The summed E-state index contributed by atoms with van der Waals surface area (Å²) in [5.74, 6) is 0.599. The molecule has 1 aromatic carbocycles. The van der Waals surface area contributed by atoms with Gasteiger partial charge in [-0.15, -0.1) is 0 Å². The number of piperidine rings is 1. The van der Waals surface area contributed by atoms with Gasteiger partial charge in [-0.25, -0.2) is 9.97 Å². The van der Waals surface area contributed by atoms with Gasteiger partial charge in [-0.3, -0.25) is 0 Å². The molecular formula is C16H20N4O. The van der Waals surface area contributed by atoms with E-state index in [-0.39, 0.29) is 6.61 Å². The van der Waals surface area contributed by atoms with Crippen LogP contribution in [0, 0.1) is 0 Å². The molecular weight excluding hydrogens is 264 g/mol. The Labute approximate surface area is 124 Å². The summed E-state index contributed by atoms with van der Waals surface area (Å²) >= 11 is 0. The predicted molar refractivity (Wildman–Crippen MR) is 83.3 cm³/mol. The van der Waals surface area contributed by atoms with Crippen LogP contribution in [0.25, 0.3) is 0 Å². The number of aliphatic hydroxyl groups is 1. The number of nitrogens with zero attached hydrogens (tertiary/aromatic N) is 3. The van der Waals surface area contributed by atoms with Gasteiger partial charge in [-0.2, -0.15) is 0 Å². The van der Waals surface area contributed by atoms with Gasteiger partial charge in [0.25, 0.3) is 0 Å². The molecule has 0 radical (unpaired) electrons. The van der Waals surface area contributed by atoms with E-state index >= 15 is 0 Å². The Hall–Kier alpha value is -2.14. The van der Waals surface area contributed by atoms with E-state index in [0.29, 0.717) is 17.7 Å². The van der Waals surface area contributed by atoms with Crippen LogP contribution < -0.4 is 10.2 Å². The van der Waals surface area contributed by atoms with Crippen molar-refractivity contribution in [3.63, 3.8) is 0 Å². The number of benzene rings is 1. The third-order valence-corrected chi connectivity index (χ3v) is 3.75. The Morgan fingerprint density at radius 3 is 2.90 bits per heavy atom. The highest BCUT2D eigenvalue weighted by atomic mass is 16.3. The minimum absolute atomic E-state index is 0.0575. The highest BCUT2D eigenvalue weighted by Crippen LogP contribution is 2.20. The minimum atomic E-state index is -0.0575. The fourth-order valence-electron chi connectivity index (χ4n) is 2.70. The summed E-state index contributed by atoms with van der Waals surface area (Å²) in [6.07, 6.45) is 3.93. The van der Waals surface area contributed by atoms with Gasteiger partial charge in [-0.1, -0.05) is 18.2 Å². The summed E-state index contributed by atoms with van der Waals surface area (Å²) in [5.41, 5.74) is 1.90. The number of hydrogen-bond donors (Lipinski definition) is 2. The van der Waals surface area contributed by atoms with Crippen molar-refractivity contribution in [1.82, 2.24) is 9.97 Å². The smallest absolute Gasteiger partial charge is 0.223 e. The maximum Gasteiger partial charge on any atom is 0.223 e. The fraction of sp³-hybridized carbons (Fsp3) is 0.375. The van der Waals surface area contributed by atoms with Gasteiger partial charge >= 0.3 is 0 Å². The van der Waals surface area contributed by atoms with Crippen LogP contribution in [0.4, 0.5) is 11.6 Å². The van der Waals surface area contributed by atoms with E-state index in [1.54, 1.807) is 12.3 Å². The molecule has 110 valence electrons. The molecule has 0 bridgehead atoms. The number of aromatic nitrogens is 2. The lowest BCUT2D eigenvalue weighted by molar-refractivity contribution is 0.276. The Bertz CT molecular complexity index is 575. The molecule has 3 rings (SSSR count). The predicted octanol–water partition coefficient (Wildman–Crippen LogP) is 2.05. The van der Waals surface area contributed by atoms with Crippen LogP contribution in [0.2, 0.25) is 0 Å². The summed E-state index contributed by atoms with van der Waals surface area (Å²) in [6.45, 7) is 1.97. The number of para-hydroxylation sites is 1. The maximum absolute atomic E-state index is 9.13. The van der Waals surface area contributed by atoms with E-state index in [0.717, 1.165) is 25.9 Å². The molecule has 2 aromatic rings. The summed E-state index contributed by atoms with van der Waals surface area (Å²) in [6, 6.07) is 12.5. The average Bonchev–Trinajstić information content (AvgIpc) is 2.56. The number of hydrogen-bond acceptors (Lipinski definition) is 5. The molecule has 1 fully saturated rings. The van der Waals surface area contributed by atoms with Crippen molar-refractivity contribution in [1.29, 1.82) is 0 Å². The van der Waals surface area contributed by atoms with Crippen LogP contribution in [0.5, 0.6) is 0 Å². The Morgan fingerprint density at radius 1 is 1.24 bits per heavy atom. The Balaban J connectivity index is 1.66. The van der Waals surface area contributed by atoms with Gasteiger partial charge in [0.05, 0.1) is 12.3 Å². The molecule has 1 aromatic heterocycles. The first-order valence-corrected chi connectivity index (χ1v) is 7.34. The van der Waals surface area contributed by atoms with Crippen LogP contribution >= 0.6 is 0 Å². The standard InChI is InChI=1S/C16H20N4O/c21-12-14-8-9-17-16(19-14)18-13-5-4-10-20(11-13)15-6-2-1-3-7-15/h1-3,6-9,13,21H,4-5,10-12H2,(H,17,18,19). The van der Waals surface area contributed by atoms with Crippen molar-refractivity contribution in [2.45, 2.75) is 25.5 Å². The quantitative estimate of drug-likeness (QED) is 0.900. The summed E-state index contributed by atoms with van der Waals surface area (Å²) in [7, 11) is 0. The summed E-state index contributed by atoms with van der Waals surface area (Å²) in [5, 5.41) is 12.5. The molecule has 2 heterocycles. The zero-order valence-corrected chi connectivity index (χ0v) is 11.9. The zero-order chi connectivity index (χ0) is 14.5. The maximum atomic E-state index is 9.13. The van der Waals surface area contributed by atoms with Gasteiger partial charge in [-0.05, 0) is 31.0 Å². The second kappa shape index (κ2) is 6.54. The van der Waals surface area contributed by atoms with Crippen molar-refractivity contribution >= 4 is 11.6 Å². The number of anilines is 2. The minimum Gasteiger partial charge on any atom is -0.390 e. The molecule has 1 saturated heterocycles. The molecule has 1 atom stereocenters. The second-order valence-electron chi connectivity index (χ2n) is 5.29. The first-order valence-electron chi connectivity index (χ1n) is 7.34. The molecule has 0 spiro atoms. The third-order valence-electron chi connectivity index (χ3n) is 3.75. The fourth-order valence-corrected chi connectivity index (χ4v) is 2.70. The zero-order valence-electron chi connectivity index (χ0n) is 11.9. The molecule has 5 nitrogen and oxygen atoms in total. The van der Waals surface area contributed by atoms with Gasteiger partial charge in [0.2, 0.25) is 5.95 Å². The molecule has 0 amide bonds. The number of rotatable bonds is 4. The van der Waals surface area contributed by atoms with E-state index in [4.69, 9.17) is 5.11 Å². The van der Waals surface area contributed by atoms with Gasteiger partial charge in [0, 0.05) is 31.0 Å². The lowest BCUT2D eigenvalue weighted by Crippen LogP contribution is -2.42. The molecule has 21 heavy (non-hydrogen) atoms. The molecule has 1 aliphatic rings.